The van der Waals surface area contributed by atoms with Gasteiger partial charge < -0.3 is 20.5 Å². The van der Waals surface area contributed by atoms with Crippen molar-refractivity contribution < 1.29 is 9.84 Å². The predicted molar refractivity (Wildman–Crippen MR) is 58.9 cm³/mol. The van der Waals surface area contributed by atoms with E-state index in [9.17, 15) is 5.11 Å². The molecule has 0 spiro atoms. The van der Waals surface area contributed by atoms with Crippen molar-refractivity contribution in [2.24, 2.45) is 0 Å². The number of hydrogen-bond acceptors (Lipinski definition) is 4. The summed E-state index contributed by atoms with van der Waals surface area (Å²) in [5.41, 5.74) is -0.611. The van der Waals surface area contributed by atoms with Crippen LogP contribution in [0.4, 0.5) is 0 Å². The monoisotopic (exact) mass is 214 g/mol. The number of ether oxygens (including phenoxy) is 1. The second-order valence-electron chi connectivity index (χ2n) is 4.79. The van der Waals surface area contributed by atoms with Gasteiger partial charge in [-0.25, -0.2) is 0 Å². The van der Waals surface area contributed by atoms with Crippen molar-refractivity contribution in [2.45, 2.75) is 37.3 Å². The Kier molecular flexibility index (Phi) is 3.97. The summed E-state index contributed by atoms with van der Waals surface area (Å²) in [6.45, 7) is 4.09. The van der Waals surface area contributed by atoms with Crippen LogP contribution in [0.25, 0.3) is 0 Å². The van der Waals surface area contributed by atoms with Gasteiger partial charge >= 0.3 is 0 Å². The van der Waals surface area contributed by atoms with Gasteiger partial charge in [0.05, 0.1) is 6.61 Å². The SMILES string of the molecule is OC1(CNC2CCCNCC2)CCOC1. The van der Waals surface area contributed by atoms with Gasteiger partial charge in [-0.05, 0) is 32.4 Å². The van der Waals surface area contributed by atoms with Gasteiger partial charge in [0, 0.05) is 25.6 Å². The Labute approximate surface area is 91.4 Å². The van der Waals surface area contributed by atoms with Gasteiger partial charge in [0.25, 0.3) is 0 Å². The second kappa shape index (κ2) is 5.25. The lowest BCUT2D eigenvalue weighted by atomic mass is 10.0. The molecular weight excluding hydrogens is 192 g/mol. The van der Waals surface area contributed by atoms with Crippen molar-refractivity contribution in [3.63, 3.8) is 0 Å². The first kappa shape index (κ1) is 11.3. The molecule has 0 aromatic heterocycles. The lowest BCUT2D eigenvalue weighted by Gasteiger charge is -2.24. The molecule has 0 bridgehead atoms. The van der Waals surface area contributed by atoms with E-state index >= 15 is 0 Å². The standard InChI is InChI=1S/C11H22N2O2/c14-11(4-7-15-9-11)8-13-10-2-1-5-12-6-3-10/h10,12-14H,1-9H2. The van der Waals surface area contributed by atoms with Gasteiger partial charge in [0.1, 0.15) is 5.60 Å². The molecule has 88 valence electrons. The third-order valence-electron chi connectivity index (χ3n) is 3.38. The van der Waals surface area contributed by atoms with E-state index in [2.05, 4.69) is 10.6 Å². The zero-order valence-electron chi connectivity index (χ0n) is 9.30. The highest BCUT2D eigenvalue weighted by Gasteiger charge is 2.32. The largest absolute Gasteiger partial charge is 0.386 e. The maximum absolute atomic E-state index is 10.1. The van der Waals surface area contributed by atoms with Crippen molar-refractivity contribution in [2.75, 3.05) is 32.8 Å². The van der Waals surface area contributed by atoms with Crippen LogP contribution in [0.5, 0.6) is 0 Å². The van der Waals surface area contributed by atoms with Crippen molar-refractivity contribution >= 4 is 0 Å². The lowest BCUT2D eigenvalue weighted by molar-refractivity contribution is 0.0245. The Hall–Kier alpha value is -0.160. The van der Waals surface area contributed by atoms with Crippen molar-refractivity contribution in [1.29, 1.82) is 0 Å². The van der Waals surface area contributed by atoms with Crippen LogP contribution in [-0.2, 0) is 4.74 Å². The molecule has 2 rings (SSSR count). The fourth-order valence-corrected chi connectivity index (χ4v) is 2.29. The summed E-state index contributed by atoms with van der Waals surface area (Å²) in [6, 6.07) is 0.560. The predicted octanol–water partition coefficient (Wildman–Crippen LogP) is -0.131. The van der Waals surface area contributed by atoms with Crippen LogP contribution < -0.4 is 10.6 Å². The van der Waals surface area contributed by atoms with Crippen LogP contribution in [0.15, 0.2) is 0 Å². The summed E-state index contributed by atoms with van der Waals surface area (Å²) in [5.74, 6) is 0. The molecule has 4 heteroatoms. The molecule has 2 unspecified atom stereocenters. The van der Waals surface area contributed by atoms with Crippen molar-refractivity contribution in [3.8, 4) is 0 Å². The topological polar surface area (TPSA) is 53.5 Å². The summed E-state index contributed by atoms with van der Waals surface area (Å²) in [4.78, 5) is 0. The van der Waals surface area contributed by atoms with E-state index in [-0.39, 0.29) is 0 Å². The van der Waals surface area contributed by atoms with E-state index in [1.54, 1.807) is 0 Å². The van der Waals surface area contributed by atoms with Crippen LogP contribution in [0, 0.1) is 0 Å². The summed E-state index contributed by atoms with van der Waals surface area (Å²) < 4.78 is 5.22. The smallest absolute Gasteiger partial charge is 0.102 e. The molecule has 2 aliphatic rings. The third kappa shape index (κ3) is 3.41. The molecule has 0 aliphatic carbocycles. The van der Waals surface area contributed by atoms with E-state index in [4.69, 9.17) is 4.74 Å². The summed E-state index contributed by atoms with van der Waals surface area (Å²) >= 11 is 0. The zero-order chi connectivity index (χ0) is 10.6. The number of hydrogen-bond donors (Lipinski definition) is 3. The zero-order valence-corrected chi connectivity index (χ0v) is 9.30. The maximum Gasteiger partial charge on any atom is 0.102 e. The molecular formula is C11H22N2O2. The highest BCUT2D eigenvalue weighted by molar-refractivity contribution is 4.86. The van der Waals surface area contributed by atoms with Crippen LogP contribution >= 0.6 is 0 Å². The van der Waals surface area contributed by atoms with E-state index in [0.717, 1.165) is 25.9 Å². The highest BCUT2D eigenvalue weighted by Crippen LogP contribution is 2.17. The third-order valence-corrected chi connectivity index (χ3v) is 3.38. The van der Waals surface area contributed by atoms with Gasteiger partial charge in [-0.2, -0.15) is 0 Å². The number of aliphatic hydroxyl groups is 1. The van der Waals surface area contributed by atoms with E-state index in [1.807, 2.05) is 0 Å². The molecule has 2 saturated heterocycles. The highest BCUT2D eigenvalue weighted by atomic mass is 16.5. The number of nitrogens with one attached hydrogen (secondary N) is 2. The van der Waals surface area contributed by atoms with Crippen molar-refractivity contribution in [1.82, 2.24) is 10.6 Å². The first-order valence-corrected chi connectivity index (χ1v) is 6.03. The molecule has 15 heavy (non-hydrogen) atoms. The summed E-state index contributed by atoms with van der Waals surface area (Å²) in [6.07, 6.45) is 4.37. The van der Waals surface area contributed by atoms with E-state index < -0.39 is 5.60 Å². The van der Waals surface area contributed by atoms with Crippen LogP contribution in [-0.4, -0.2) is 49.6 Å². The van der Waals surface area contributed by atoms with Gasteiger partial charge in [-0.15, -0.1) is 0 Å². The Balaban J connectivity index is 1.71. The maximum atomic E-state index is 10.1. The van der Waals surface area contributed by atoms with Crippen LogP contribution in [0.1, 0.15) is 25.7 Å². The Morgan fingerprint density at radius 3 is 3.13 bits per heavy atom. The number of rotatable bonds is 3. The summed E-state index contributed by atoms with van der Waals surface area (Å²) in [5, 5.41) is 17.0. The van der Waals surface area contributed by atoms with Gasteiger partial charge in [-0.1, -0.05) is 0 Å². The molecule has 0 aromatic carbocycles. The fourth-order valence-electron chi connectivity index (χ4n) is 2.29. The minimum atomic E-state index is -0.611. The van der Waals surface area contributed by atoms with Crippen LogP contribution in [0.2, 0.25) is 0 Å². The van der Waals surface area contributed by atoms with Gasteiger partial charge in [-0.3, -0.25) is 0 Å². The molecule has 0 saturated carbocycles. The van der Waals surface area contributed by atoms with Gasteiger partial charge in [0.2, 0.25) is 0 Å². The minimum absolute atomic E-state index is 0.491. The molecule has 4 nitrogen and oxygen atoms in total. The molecule has 3 N–H and O–H groups in total. The quantitative estimate of drug-likeness (QED) is 0.612. The molecule has 2 aliphatic heterocycles. The first-order chi connectivity index (χ1) is 7.29. The van der Waals surface area contributed by atoms with E-state index in [1.165, 1.54) is 12.8 Å². The molecule has 0 amide bonds. The second-order valence-corrected chi connectivity index (χ2v) is 4.79. The fraction of sp³-hybridized carbons (Fsp3) is 1.00. The van der Waals surface area contributed by atoms with Crippen molar-refractivity contribution in [3.05, 3.63) is 0 Å². The molecule has 2 heterocycles. The molecule has 2 atom stereocenters. The summed E-state index contributed by atoms with van der Waals surface area (Å²) in [7, 11) is 0. The molecule has 0 aromatic rings. The molecule has 0 radical (unpaired) electrons. The van der Waals surface area contributed by atoms with Gasteiger partial charge in [0.15, 0.2) is 0 Å². The average Bonchev–Trinajstić information content (AvgIpc) is 2.53. The Bertz CT molecular complexity index is 185. The van der Waals surface area contributed by atoms with Crippen LogP contribution in [0.3, 0.4) is 0 Å². The normalized spacial score (nSPS) is 37.8. The minimum Gasteiger partial charge on any atom is -0.386 e. The first-order valence-electron chi connectivity index (χ1n) is 6.03. The van der Waals surface area contributed by atoms with E-state index in [0.29, 0.717) is 25.8 Å². The Morgan fingerprint density at radius 1 is 1.40 bits per heavy atom. The Morgan fingerprint density at radius 2 is 2.33 bits per heavy atom. The lowest BCUT2D eigenvalue weighted by Crippen LogP contribution is -2.45. The average molecular weight is 214 g/mol. The molecule has 2 fully saturated rings.